The lowest BCUT2D eigenvalue weighted by Crippen LogP contribution is -2.44. The van der Waals surface area contributed by atoms with Crippen LogP contribution < -0.4 is 4.74 Å². The number of hydrogen-bond donors (Lipinski definition) is 1. The van der Waals surface area contributed by atoms with E-state index in [2.05, 4.69) is 54.3 Å². The Bertz CT molecular complexity index is 713. The molecule has 0 fully saturated rings. The summed E-state index contributed by atoms with van der Waals surface area (Å²) in [6.07, 6.45) is 1.53. The highest BCUT2D eigenvalue weighted by atomic mass is 16.5. The molecule has 23 heavy (non-hydrogen) atoms. The van der Waals surface area contributed by atoms with Gasteiger partial charge in [-0.2, -0.15) is 0 Å². The Hall–Kier alpha value is -1.84. The molecule has 2 unspecified atom stereocenters. The second kappa shape index (κ2) is 5.99. The average molecular weight is 309 g/mol. The van der Waals surface area contributed by atoms with Gasteiger partial charge in [-0.25, -0.2) is 0 Å². The Morgan fingerprint density at radius 2 is 1.96 bits per heavy atom. The Balaban J connectivity index is 1.70. The molecule has 0 amide bonds. The number of rotatable bonds is 2. The van der Waals surface area contributed by atoms with Crippen LogP contribution in [0.15, 0.2) is 42.5 Å². The molecule has 0 bridgehead atoms. The summed E-state index contributed by atoms with van der Waals surface area (Å²) >= 11 is 0. The molecule has 120 valence electrons. The van der Waals surface area contributed by atoms with Crippen molar-refractivity contribution in [3.05, 3.63) is 64.7 Å². The zero-order valence-corrected chi connectivity index (χ0v) is 13.5. The first kappa shape index (κ1) is 14.7. The molecule has 0 aromatic heterocycles. The first-order valence-electron chi connectivity index (χ1n) is 8.51. The van der Waals surface area contributed by atoms with Crippen LogP contribution in [-0.4, -0.2) is 29.3 Å². The Morgan fingerprint density at radius 3 is 2.78 bits per heavy atom. The van der Waals surface area contributed by atoms with Gasteiger partial charge in [0.25, 0.3) is 0 Å². The highest BCUT2D eigenvalue weighted by molar-refractivity contribution is 5.45. The minimum Gasteiger partial charge on any atom is -0.490 e. The highest BCUT2D eigenvalue weighted by Gasteiger charge is 2.36. The molecular weight excluding hydrogens is 286 g/mol. The number of ether oxygens (including phenoxy) is 1. The van der Waals surface area contributed by atoms with E-state index in [0.29, 0.717) is 6.61 Å². The molecule has 0 aliphatic carbocycles. The van der Waals surface area contributed by atoms with Gasteiger partial charge in [0, 0.05) is 18.7 Å². The third kappa shape index (κ3) is 2.54. The van der Waals surface area contributed by atoms with Gasteiger partial charge in [-0.3, -0.25) is 4.90 Å². The summed E-state index contributed by atoms with van der Waals surface area (Å²) in [5.74, 6) is 0.990. The van der Waals surface area contributed by atoms with Crippen molar-refractivity contribution in [2.75, 3.05) is 13.2 Å². The number of nitrogens with zero attached hydrogens (tertiary/aromatic N) is 1. The molecule has 2 aliphatic rings. The summed E-state index contributed by atoms with van der Waals surface area (Å²) in [6.45, 7) is 4.41. The number of hydrogen-bond acceptors (Lipinski definition) is 3. The van der Waals surface area contributed by atoms with Gasteiger partial charge in [-0.15, -0.1) is 0 Å². The van der Waals surface area contributed by atoms with E-state index in [4.69, 9.17) is 4.74 Å². The predicted molar refractivity (Wildman–Crippen MR) is 90.6 cm³/mol. The molecule has 3 nitrogen and oxygen atoms in total. The summed E-state index contributed by atoms with van der Waals surface area (Å²) in [5, 5.41) is 10.6. The van der Waals surface area contributed by atoms with Crippen LogP contribution in [0.4, 0.5) is 0 Å². The number of fused-ring (bicyclic) bond motifs is 2. The van der Waals surface area contributed by atoms with Gasteiger partial charge in [0.1, 0.15) is 18.5 Å². The highest BCUT2D eigenvalue weighted by Crippen LogP contribution is 2.40. The summed E-state index contributed by atoms with van der Waals surface area (Å²) < 4.78 is 5.87. The smallest absolute Gasteiger partial charge is 0.127 e. The average Bonchev–Trinajstić information content (AvgIpc) is 2.60. The monoisotopic (exact) mass is 309 g/mol. The SMILES string of the molecule is CCc1cccc2c1OCC(O)C2N1CCc2ccccc2C1. The van der Waals surface area contributed by atoms with Crippen LogP contribution in [0, 0.1) is 0 Å². The van der Waals surface area contributed by atoms with Crippen LogP contribution in [0.25, 0.3) is 0 Å². The summed E-state index contributed by atoms with van der Waals surface area (Å²) in [7, 11) is 0. The second-order valence-electron chi connectivity index (χ2n) is 6.50. The van der Waals surface area contributed by atoms with E-state index >= 15 is 0 Å². The van der Waals surface area contributed by atoms with Gasteiger partial charge in [-0.1, -0.05) is 49.4 Å². The fourth-order valence-corrected chi connectivity index (χ4v) is 3.95. The Morgan fingerprint density at radius 1 is 1.13 bits per heavy atom. The van der Waals surface area contributed by atoms with Crippen LogP contribution in [-0.2, 0) is 19.4 Å². The van der Waals surface area contributed by atoms with Crippen LogP contribution in [0.2, 0.25) is 0 Å². The van der Waals surface area contributed by atoms with E-state index in [9.17, 15) is 5.11 Å². The normalized spacial score (nSPS) is 23.7. The molecule has 0 radical (unpaired) electrons. The zero-order valence-electron chi connectivity index (χ0n) is 13.5. The molecule has 0 spiro atoms. The number of aliphatic hydroxyl groups excluding tert-OH is 1. The minimum atomic E-state index is -0.472. The summed E-state index contributed by atoms with van der Waals surface area (Å²) in [4.78, 5) is 2.41. The lowest BCUT2D eigenvalue weighted by Gasteiger charge is -2.41. The van der Waals surface area contributed by atoms with E-state index in [-0.39, 0.29) is 6.04 Å². The molecule has 1 N–H and O–H groups in total. The van der Waals surface area contributed by atoms with E-state index in [1.807, 2.05) is 0 Å². The van der Waals surface area contributed by atoms with Gasteiger partial charge in [0.15, 0.2) is 0 Å². The van der Waals surface area contributed by atoms with Gasteiger partial charge < -0.3 is 9.84 Å². The topological polar surface area (TPSA) is 32.7 Å². The van der Waals surface area contributed by atoms with Crippen molar-refractivity contribution in [3.8, 4) is 5.75 Å². The molecule has 2 aromatic rings. The number of aliphatic hydroxyl groups is 1. The van der Waals surface area contributed by atoms with Crippen molar-refractivity contribution < 1.29 is 9.84 Å². The summed E-state index contributed by atoms with van der Waals surface area (Å²) in [5.41, 5.74) is 5.19. The van der Waals surface area contributed by atoms with Crippen molar-refractivity contribution in [2.24, 2.45) is 0 Å². The van der Waals surface area contributed by atoms with Crippen molar-refractivity contribution in [1.29, 1.82) is 0 Å². The van der Waals surface area contributed by atoms with Crippen LogP contribution in [0.1, 0.15) is 35.2 Å². The van der Waals surface area contributed by atoms with Crippen LogP contribution in [0.3, 0.4) is 0 Å². The molecular formula is C20H23NO2. The van der Waals surface area contributed by atoms with Crippen LogP contribution in [0.5, 0.6) is 5.75 Å². The van der Waals surface area contributed by atoms with E-state index < -0.39 is 6.10 Å². The standard InChI is InChI=1S/C20H23NO2/c1-2-14-8-5-9-17-19(18(22)13-23-20(14)17)21-11-10-15-6-3-4-7-16(15)12-21/h3-9,18-19,22H,2,10-13H2,1H3. The fourth-order valence-electron chi connectivity index (χ4n) is 3.95. The van der Waals surface area contributed by atoms with Crippen molar-refractivity contribution >= 4 is 0 Å². The zero-order chi connectivity index (χ0) is 15.8. The van der Waals surface area contributed by atoms with Gasteiger partial charge in [-0.05, 0) is 29.5 Å². The quantitative estimate of drug-likeness (QED) is 0.925. The molecule has 3 heteroatoms. The third-order valence-corrected chi connectivity index (χ3v) is 5.14. The molecule has 2 aromatic carbocycles. The largest absolute Gasteiger partial charge is 0.490 e. The molecule has 0 saturated heterocycles. The minimum absolute atomic E-state index is 0.0265. The first-order chi connectivity index (χ1) is 11.3. The fraction of sp³-hybridized carbons (Fsp3) is 0.400. The van der Waals surface area contributed by atoms with Crippen molar-refractivity contribution in [3.63, 3.8) is 0 Å². The lowest BCUT2D eigenvalue weighted by atomic mass is 9.90. The number of para-hydroxylation sites is 1. The van der Waals surface area contributed by atoms with Crippen molar-refractivity contribution in [1.82, 2.24) is 4.90 Å². The Kier molecular flexibility index (Phi) is 3.83. The summed E-state index contributed by atoms with van der Waals surface area (Å²) in [6, 6.07) is 15.0. The number of benzene rings is 2. The van der Waals surface area contributed by atoms with E-state index in [1.165, 1.54) is 16.7 Å². The van der Waals surface area contributed by atoms with Crippen LogP contribution >= 0.6 is 0 Å². The Labute approximate surface area is 137 Å². The van der Waals surface area contributed by atoms with E-state index in [1.54, 1.807) is 0 Å². The van der Waals surface area contributed by atoms with Crippen molar-refractivity contribution in [2.45, 2.75) is 38.5 Å². The molecule has 2 atom stereocenters. The maximum absolute atomic E-state index is 10.6. The maximum atomic E-state index is 10.6. The maximum Gasteiger partial charge on any atom is 0.127 e. The third-order valence-electron chi connectivity index (χ3n) is 5.14. The first-order valence-corrected chi connectivity index (χ1v) is 8.51. The predicted octanol–water partition coefficient (Wildman–Crippen LogP) is 3.10. The van der Waals surface area contributed by atoms with Gasteiger partial charge in [0.2, 0.25) is 0 Å². The van der Waals surface area contributed by atoms with Gasteiger partial charge in [0.05, 0.1) is 6.04 Å². The molecule has 4 rings (SSSR count). The lowest BCUT2D eigenvalue weighted by molar-refractivity contribution is -0.00585. The van der Waals surface area contributed by atoms with E-state index in [0.717, 1.165) is 37.2 Å². The number of aryl methyl sites for hydroxylation is 1. The molecule has 2 heterocycles. The molecule has 0 saturated carbocycles. The molecule has 2 aliphatic heterocycles. The van der Waals surface area contributed by atoms with Gasteiger partial charge >= 0.3 is 0 Å². The second-order valence-corrected chi connectivity index (χ2v) is 6.50.